The Morgan fingerprint density at radius 3 is 2.72 bits per heavy atom. The number of benzene rings is 2. The molecule has 0 radical (unpaired) electrons. The Morgan fingerprint density at radius 1 is 1.19 bits per heavy atom. The summed E-state index contributed by atoms with van der Waals surface area (Å²) in [5, 5.41) is 11.0. The summed E-state index contributed by atoms with van der Waals surface area (Å²) in [4.78, 5) is 45.6. The number of aromatic hydroxyl groups is 1. The van der Waals surface area contributed by atoms with Crippen LogP contribution in [0.3, 0.4) is 0 Å². The Kier molecular flexibility index (Phi) is 6.36. The Labute approximate surface area is 214 Å². The number of fused-ring (bicyclic) bond motifs is 1. The van der Waals surface area contributed by atoms with E-state index in [2.05, 4.69) is 20.9 Å². The molecule has 2 atom stereocenters. The molecule has 2 unspecified atom stereocenters. The van der Waals surface area contributed by atoms with Crippen LogP contribution in [-0.2, 0) is 16.1 Å². The van der Waals surface area contributed by atoms with E-state index in [1.54, 1.807) is 48.9 Å². The van der Waals surface area contributed by atoms with Gasteiger partial charge in [-0.1, -0.05) is 18.2 Å². The van der Waals surface area contributed by atoms with E-state index in [9.17, 15) is 19.5 Å². The molecule has 1 aliphatic heterocycles. The standard InChI is InChI=1S/C26H22BrN3O6/c1-35-19-13-16(11-17(27)23(19)31)22-21(24(32)20-12-15-5-2-3-6-18(15)36-20)25(33)26(34)30(22)9-4-8-29-10-7-28-14-29/h2-3,5-7,10-14,21-22,31H,4,8-9H2,1H3. The van der Waals surface area contributed by atoms with Crippen molar-refractivity contribution in [3.8, 4) is 11.5 Å². The minimum absolute atomic E-state index is 0.0115. The second kappa shape index (κ2) is 9.62. The number of phenols is 1. The van der Waals surface area contributed by atoms with E-state index in [0.717, 1.165) is 5.39 Å². The third kappa shape index (κ3) is 4.17. The number of ketones is 2. The lowest BCUT2D eigenvalue weighted by molar-refractivity contribution is -0.140. The number of carbonyl (C=O) groups excluding carboxylic acids is 3. The molecule has 0 bridgehead atoms. The number of hydrogen-bond acceptors (Lipinski definition) is 7. The number of aromatic nitrogens is 2. The maximum Gasteiger partial charge on any atom is 0.291 e. The van der Waals surface area contributed by atoms with Crippen LogP contribution >= 0.6 is 15.9 Å². The predicted molar refractivity (Wildman–Crippen MR) is 133 cm³/mol. The maximum absolute atomic E-state index is 13.7. The lowest BCUT2D eigenvalue weighted by Gasteiger charge is -2.27. The quantitative estimate of drug-likeness (QED) is 0.199. The van der Waals surface area contributed by atoms with Crippen LogP contribution < -0.4 is 4.74 Å². The summed E-state index contributed by atoms with van der Waals surface area (Å²) in [6, 6.07) is 11.0. The van der Waals surface area contributed by atoms with Crippen LogP contribution in [0, 0.1) is 5.92 Å². The summed E-state index contributed by atoms with van der Waals surface area (Å²) < 4.78 is 13.2. The molecule has 2 aromatic carbocycles. The van der Waals surface area contributed by atoms with Gasteiger partial charge in [0.15, 0.2) is 17.3 Å². The van der Waals surface area contributed by atoms with Gasteiger partial charge in [0, 0.05) is 30.9 Å². The van der Waals surface area contributed by atoms with E-state index in [0.29, 0.717) is 28.6 Å². The molecule has 10 heteroatoms. The van der Waals surface area contributed by atoms with E-state index >= 15 is 0 Å². The maximum atomic E-state index is 13.7. The topological polar surface area (TPSA) is 115 Å². The van der Waals surface area contributed by atoms with Crippen molar-refractivity contribution in [3.63, 3.8) is 0 Å². The van der Waals surface area contributed by atoms with E-state index in [4.69, 9.17) is 9.15 Å². The molecular weight excluding hydrogens is 530 g/mol. The summed E-state index contributed by atoms with van der Waals surface area (Å²) in [5.41, 5.74) is 0.994. The summed E-state index contributed by atoms with van der Waals surface area (Å²) in [5.74, 6) is -3.37. The predicted octanol–water partition coefficient (Wildman–Crippen LogP) is 4.15. The third-order valence-electron chi connectivity index (χ3n) is 6.34. The molecular formula is C26H22BrN3O6. The van der Waals surface area contributed by atoms with Crippen molar-refractivity contribution in [2.45, 2.75) is 19.0 Å². The molecule has 4 aromatic rings. The van der Waals surface area contributed by atoms with Crippen LogP contribution in [-0.4, -0.2) is 50.7 Å². The average molecular weight is 552 g/mol. The number of phenolic OH excluding ortho intramolecular Hbond substituents is 1. The zero-order chi connectivity index (χ0) is 25.4. The van der Waals surface area contributed by atoms with Gasteiger partial charge in [0.2, 0.25) is 11.6 Å². The summed E-state index contributed by atoms with van der Waals surface area (Å²) in [6.45, 7) is 0.813. The largest absolute Gasteiger partial charge is 0.503 e. The zero-order valence-electron chi connectivity index (χ0n) is 19.3. The van der Waals surface area contributed by atoms with Gasteiger partial charge in [-0.2, -0.15) is 0 Å². The highest BCUT2D eigenvalue weighted by atomic mass is 79.9. The molecule has 1 saturated heterocycles. The lowest BCUT2D eigenvalue weighted by Crippen LogP contribution is -2.32. The second-order valence-electron chi connectivity index (χ2n) is 8.51. The number of nitrogens with zero attached hydrogens (tertiary/aromatic N) is 3. The Balaban J connectivity index is 1.54. The third-order valence-corrected chi connectivity index (χ3v) is 6.95. The number of halogens is 1. The van der Waals surface area contributed by atoms with Gasteiger partial charge in [0.05, 0.1) is 24.0 Å². The molecule has 0 saturated carbocycles. The number of likely N-dealkylation sites (tertiary alicyclic amines) is 1. The highest BCUT2D eigenvalue weighted by Gasteiger charge is 2.52. The van der Waals surface area contributed by atoms with E-state index in [1.807, 2.05) is 16.8 Å². The van der Waals surface area contributed by atoms with Crippen molar-refractivity contribution in [1.82, 2.24) is 14.5 Å². The Bertz CT molecular complexity index is 1430. The molecule has 0 spiro atoms. The number of carbonyl (C=O) groups is 3. The van der Waals surface area contributed by atoms with Gasteiger partial charge < -0.3 is 23.7 Å². The van der Waals surface area contributed by atoms with E-state index < -0.39 is 29.4 Å². The molecule has 1 amide bonds. The van der Waals surface area contributed by atoms with E-state index in [-0.39, 0.29) is 23.8 Å². The SMILES string of the molecule is COc1cc(C2C(C(=O)c3cc4ccccc4o3)C(=O)C(=O)N2CCCn2ccnc2)cc(Br)c1O. The average Bonchev–Trinajstić information content (AvgIpc) is 3.60. The van der Waals surface area contributed by atoms with Crippen LogP contribution in [0.2, 0.25) is 0 Å². The minimum atomic E-state index is -1.31. The first-order valence-electron chi connectivity index (χ1n) is 11.3. The first kappa shape index (κ1) is 23.8. The van der Waals surface area contributed by atoms with Crippen LogP contribution in [0.25, 0.3) is 11.0 Å². The van der Waals surface area contributed by atoms with Gasteiger partial charge in [0.1, 0.15) is 11.5 Å². The van der Waals surface area contributed by atoms with Crippen molar-refractivity contribution in [1.29, 1.82) is 0 Å². The summed E-state index contributed by atoms with van der Waals surface area (Å²) in [7, 11) is 1.40. The molecule has 3 heterocycles. The Hall–Kier alpha value is -3.92. The van der Waals surface area contributed by atoms with Crippen LogP contribution in [0.5, 0.6) is 11.5 Å². The molecule has 9 nitrogen and oxygen atoms in total. The molecule has 2 aromatic heterocycles. The number of imidazole rings is 1. The van der Waals surface area contributed by atoms with Crippen LogP contribution in [0.4, 0.5) is 0 Å². The molecule has 36 heavy (non-hydrogen) atoms. The Morgan fingerprint density at radius 2 is 2.00 bits per heavy atom. The number of ether oxygens (including phenoxy) is 1. The number of furan rings is 1. The number of amides is 1. The lowest BCUT2D eigenvalue weighted by atomic mass is 9.88. The van der Waals surface area contributed by atoms with Gasteiger partial charge in [-0.25, -0.2) is 4.98 Å². The molecule has 1 N–H and O–H groups in total. The smallest absolute Gasteiger partial charge is 0.291 e. The normalized spacial score (nSPS) is 17.8. The van der Waals surface area contributed by atoms with Crippen molar-refractivity contribution < 1.29 is 28.6 Å². The highest BCUT2D eigenvalue weighted by Crippen LogP contribution is 2.44. The first-order valence-corrected chi connectivity index (χ1v) is 12.1. The number of methoxy groups -OCH3 is 1. The van der Waals surface area contributed by atoms with Gasteiger partial charge in [-0.3, -0.25) is 14.4 Å². The minimum Gasteiger partial charge on any atom is -0.503 e. The van der Waals surface area contributed by atoms with Crippen molar-refractivity contribution in [2.75, 3.05) is 13.7 Å². The first-order chi connectivity index (χ1) is 17.4. The fourth-order valence-corrected chi connectivity index (χ4v) is 5.08. The molecule has 1 aliphatic rings. The van der Waals surface area contributed by atoms with Gasteiger partial charge >= 0.3 is 0 Å². The van der Waals surface area contributed by atoms with Crippen LogP contribution in [0.1, 0.15) is 28.6 Å². The zero-order valence-corrected chi connectivity index (χ0v) is 20.8. The van der Waals surface area contributed by atoms with Crippen molar-refractivity contribution in [2.24, 2.45) is 5.92 Å². The van der Waals surface area contributed by atoms with Crippen molar-refractivity contribution in [3.05, 3.63) is 77.0 Å². The van der Waals surface area contributed by atoms with Gasteiger partial charge in [-0.15, -0.1) is 0 Å². The molecule has 184 valence electrons. The molecule has 0 aliphatic carbocycles. The second-order valence-corrected chi connectivity index (χ2v) is 9.36. The number of para-hydroxylation sites is 1. The number of aryl methyl sites for hydroxylation is 1. The molecule has 1 fully saturated rings. The fraction of sp³-hybridized carbons (Fsp3) is 0.231. The number of rotatable bonds is 8. The fourth-order valence-electron chi connectivity index (χ4n) is 4.62. The van der Waals surface area contributed by atoms with Crippen molar-refractivity contribution >= 4 is 44.4 Å². The van der Waals surface area contributed by atoms with Gasteiger partial charge in [0.25, 0.3) is 5.91 Å². The monoisotopic (exact) mass is 551 g/mol. The summed E-state index contributed by atoms with van der Waals surface area (Å²) in [6.07, 6.45) is 5.68. The van der Waals surface area contributed by atoms with Gasteiger partial charge in [-0.05, 0) is 52.2 Å². The molecule has 5 rings (SSSR count). The highest BCUT2D eigenvalue weighted by molar-refractivity contribution is 9.10. The summed E-state index contributed by atoms with van der Waals surface area (Å²) >= 11 is 3.31. The number of Topliss-reactive ketones (excluding diaryl/α,β-unsaturated/α-hetero) is 2. The van der Waals surface area contributed by atoms with Crippen LogP contribution in [0.15, 0.2) is 70.1 Å². The number of hydrogen-bond donors (Lipinski definition) is 1. The van der Waals surface area contributed by atoms with E-state index in [1.165, 1.54) is 12.0 Å².